The zero-order chi connectivity index (χ0) is 12.5. The summed E-state index contributed by atoms with van der Waals surface area (Å²) in [7, 11) is 2.04. The van der Waals surface area contributed by atoms with Gasteiger partial charge in [-0.05, 0) is 45.7 Å². The predicted molar refractivity (Wildman–Crippen MR) is 75.0 cm³/mol. The molecule has 0 radical (unpaired) electrons. The molecule has 1 heteroatoms. The van der Waals surface area contributed by atoms with E-state index in [9.17, 15) is 0 Å². The molecule has 1 unspecified atom stereocenters. The zero-order valence-electron chi connectivity index (χ0n) is 11.2. The van der Waals surface area contributed by atoms with Crippen molar-refractivity contribution >= 4 is 0 Å². The Morgan fingerprint density at radius 1 is 1.18 bits per heavy atom. The highest BCUT2D eigenvalue weighted by Gasteiger charge is 2.05. The van der Waals surface area contributed by atoms with Crippen molar-refractivity contribution in [3.63, 3.8) is 0 Å². The van der Waals surface area contributed by atoms with E-state index in [0.29, 0.717) is 6.04 Å². The van der Waals surface area contributed by atoms with E-state index in [1.807, 2.05) is 14.0 Å². The van der Waals surface area contributed by atoms with Crippen LogP contribution in [-0.4, -0.2) is 13.1 Å². The monoisotopic (exact) mass is 229 g/mol. The van der Waals surface area contributed by atoms with Gasteiger partial charge >= 0.3 is 0 Å². The summed E-state index contributed by atoms with van der Waals surface area (Å²) in [6.07, 6.45) is 4.47. The van der Waals surface area contributed by atoms with Crippen molar-refractivity contribution in [2.75, 3.05) is 7.05 Å². The zero-order valence-corrected chi connectivity index (χ0v) is 11.2. The Labute approximate surface area is 106 Å². The molecule has 0 heterocycles. The Hall–Kier alpha value is -1.26. The first kappa shape index (κ1) is 13.8. The van der Waals surface area contributed by atoms with Crippen LogP contribution in [0, 0.1) is 18.8 Å². The molecule has 0 fully saturated rings. The van der Waals surface area contributed by atoms with Crippen LogP contribution >= 0.6 is 0 Å². The van der Waals surface area contributed by atoms with Gasteiger partial charge in [0.05, 0.1) is 0 Å². The molecule has 1 nitrogen and oxygen atoms in total. The van der Waals surface area contributed by atoms with Gasteiger partial charge in [0.25, 0.3) is 0 Å². The average molecular weight is 229 g/mol. The van der Waals surface area contributed by atoms with E-state index in [1.54, 1.807) is 0 Å². The third kappa shape index (κ3) is 5.56. The number of nitrogens with one attached hydrogen (secondary N) is 1. The number of hydrogen-bond acceptors (Lipinski definition) is 1. The molecule has 0 amide bonds. The van der Waals surface area contributed by atoms with Gasteiger partial charge in [-0.25, -0.2) is 0 Å². The normalized spacial score (nSPS) is 11.7. The molecule has 1 atom stereocenters. The van der Waals surface area contributed by atoms with Gasteiger partial charge in [-0.15, -0.1) is 11.8 Å². The van der Waals surface area contributed by atoms with Gasteiger partial charge in [-0.1, -0.05) is 29.8 Å². The lowest BCUT2D eigenvalue weighted by molar-refractivity contribution is 0.495. The SMILES string of the molecule is CC#CCCC(CCc1ccc(C)cc1)NC. The van der Waals surface area contributed by atoms with Crippen LogP contribution in [0.4, 0.5) is 0 Å². The molecule has 0 saturated heterocycles. The van der Waals surface area contributed by atoms with E-state index in [-0.39, 0.29) is 0 Å². The summed E-state index contributed by atoms with van der Waals surface area (Å²) in [5, 5.41) is 3.37. The van der Waals surface area contributed by atoms with Crippen LogP contribution in [-0.2, 0) is 6.42 Å². The molecular weight excluding hydrogens is 206 g/mol. The topological polar surface area (TPSA) is 12.0 Å². The summed E-state index contributed by atoms with van der Waals surface area (Å²) in [5.74, 6) is 6.08. The van der Waals surface area contributed by atoms with Gasteiger partial charge in [-0.2, -0.15) is 0 Å². The second-order valence-electron chi connectivity index (χ2n) is 4.48. The molecule has 1 rings (SSSR count). The summed E-state index contributed by atoms with van der Waals surface area (Å²) in [6.45, 7) is 4.03. The van der Waals surface area contributed by atoms with Crippen LogP contribution in [0.1, 0.15) is 37.3 Å². The molecule has 0 spiro atoms. The lowest BCUT2D eigenvalue weighted by Gasteiger charge is -2.14. The molecule has 0 bridgehead atoms. The standard InChI is InChI=1S/C16H23N/c1-4-5-6-7-16(17-3)13-12-15-10-8-14(2)9-11-15/h8-11,16-17H,6-7,12-13H2,1-3H3. The van der Waals surface area contributed by atoms with E-state index in [2.05, 4.69) is 48.3 Å². The molecule has 17 heavy (non-hydrogen) atoms. The van der Waals surface area contributed by atoms with Crippen LogP contribution in [0.15, 0.2) is 24.3 Å². The van der Waals surface area contributed by atoms with Crippen molar-refractivity contribution in [1.29, 1.82) is 0 Å². The Bertz CT molecular complexity index is 367. The van der Waals surface area contributed by atoms with Gasteiger partial charge < -0.3 is 5.32 Å². The van der Waals surface area contributed by atoms with Crippen molar-refractivity contribution in [2.24, 2.45) is 0 Å². The van der Waals surface area contributed by atoms with Gasteiger partial charge in [-0.3, -0.25) is 0 Å². The number of benzene rings is 1. The van der Waals surface area contributed by atoms with E-state index in [0.717, 1.165) is 19.3 Å². The van der Waals surface area contributed by atoms with Gasteiger partial charge in [0.2, 0.25) is 0 Å². The van der Waals surface area contributed by atoms with Crippen molar-refractivity contribution in [2.45, 2.75) is 45.6 Å². The molecule has 0 aliphatic carbocycles. The lowest BCUT2D eigenvalue weighted by Crippen LogP contribution is -2.25. The van der Waals surface area contributed by atoms with Crippen LogP contribution in [0.2, 0.25) is 0 Å². The van der Waals surface area contributed by atoms with Crippen LogP contribution in [0.25, 0.3) is 0 Å². The minimum atomic E-state index is 0.581. The summed E-state index contributed by atoms with van der Waals surface area (Å²) in [6, 6.07) is 9.41. The predicted octanol–water partition coefficient (Wildman–Crippen LogP) is 3.32. The van der Waals surface area contributed by atoms with E-state index < -0.39 is 0 Å². The first-order valence-electron chi connectivity index (χ1n) is 6.38. The number of rotatable bonds is 6. The fraction of sp³-hybridized carbons (Fsp3) is 0.500. The third-order valence-electron chi connectivity index (χ3n) is 3.10. The summed E-state index contributed by atoms with van der Waals surface area (Å²) in [4.78, 5) is 0. The smallest absolute Gasteiger partial charge is 0.0103 e. The maximum atomic E-state index is 3.37. The van der Waals surface area contributed by atoms with Crippen molar-refractivity contribution in [1.82, 2.24) is 5.32 Å². The van der Waals surface area contributed by atoms with Gasteiger partial charge in [0, 0.05) is 12.5 Å². The minimum absolute atomic E-state index is 0.581. The van der Waals surface area contributed by atoms with Crippen molar-refractivity contribution < 1.29 is 0 Å². The molecule has 92 valence electrons. The number of aryl methyl sites for hydroxylation is 2. The Kier molecular flexibility index (Phi) is 6.43. The van der Waals surface area contributed by atoms with Gasteiger partial charge in [0.15, 0.2) is 0 Å². The highest BCUT2D eigenvalue weighted by molar-refractivity contribution is 5.21. The van der Waals surface area contributed by atoms with Crippen LogP contribution in [0.5, 0.6) is 0 Å². The first-order chi connectivity index (χ1) is 8.26. The average Bonchev–Trinajstić information content (AvgIpc) is 2.35. The Balaban J connectivity index is 2.35. The first-order valence-corrected chi connectivity index (χ1v) is 6.38. The fourth-order valence-electron chi connectivity index (χ4n) is 1.90. The van der Waals surface area contributed by atoms with Crippen LogP contribution < -0.4 is 5.32 Å². The molecular formula is C16H23N. The highest BCUT2D eigenvalue weighted by Crippen LogP contribution is 2.09. The lowest BCUT2D eigenvalue weighted by atomic mass is 10.0. The minimum Gasteiger partial charge on any atom is -0.317 e. The van der Waals surface area contributed by atoms with Crippen LogP contribution in [0.3, 0.4) is 0 Å². The summed E-state index contributed by atoms with van der Waals surface area (Å²) >= 11 is 0. The maximum Gasteiger partial charge on any atom is 0.0103 e. The van der Waals surface area contributed by atoms with Crippen molar-refractivity contribution in [3.05, 3.63) is 35.4 Å². The highest BCUT2D eigenvalue weighted by atomic mass is 14.9. The van der Waals surface area contributed by atoms with Crippen molar-refractivity contribution in [3.8, 4) is 11.8 Å². The molecule has 0 aromatic heterocycles. The molecule has 1 aromatic carbocycles. The second-order valence-corrected chi connectivity index (χ2v) is 4.48. The molecule has 0 aliphatic heterocycles. The molecule has 1 aromatic rings. The fourth-order valence-corrected chi connectivity index (χ4v) is 1.90. The summed E-state index contributed by atoms with van der Waals surface area (Å²) in [5.41, 5.74) is 2.76. The molecule has 0 saturated carbocycles. The number of hydrogen-bond donors (Lipinski definition) is 1. The Morgan fingerprint density at radius 3 is 2.47 bits per heavy atom. The second kappa shape index (κ2) is 7.92. The largest absolute Gasteiger partial charge is 0.317 e. The summed E-state index contributed by atoms with van der Waals surface area (Å²) < 4.78 is 0. The molecule has 0 aliphatic rings. The quantitative estimate of drug-likeness (QED) is 0.738. The van der Waals surface area contributed by atoms with Gasteiger partial charge in [0.1, 0.15) is 0 Å². The van der Waals surface area contributed by atoms with E-state index in [4.69, 9.17) is 0 Å². The third-order valence-corrected chi connectivity index (χ3v) is 3.10. The van der Waals surface area contributed by atoms with E-state index >= 15 is 0 Å². The van der Waals surface area contributed by atoms with E-state index in [1.165, 1.54) is 17.5 Å². The maximum absolute atomic E-state index is 3.37. The Morgan fingerprint density at radius 2 is 1.88 bits per heavy atom. The molecule has 1 N–H and O–H groups in total.